The molecular weight excluding hydrogens is 588 g/mol. The van der Waals surface area contributed by atoms with E-state index in [1.165, 1.54) is 18.2 Å². The van der Waals surface area contributed by atoms with Crippen molar-refractivity contribution < 1.29 is 22.0 Å². The number of halogens is 3. The van der Waals surface area contributed by atoms with Crippen molar-refractivity contribution in [2.24, 2.45) is 5.92 Å². The van der Waals surface area contributed by atoms with Gasteiger partial charge in [0.15, 0.2) is 5.65 Å². The summed E-state index contributed by atoms with van der Waals surface area (Å²) in [5.74, 6) is 0.460. The van der Waals surface area contributed by atoms with Gasteiger partial charge in [-0.3, -0.25) is 9.52 Å². The van der Waals surface area contributed by atoms with Gasteiger partial charge in [0.05, 0.1) is 29.2 Å². The number of nitrogens with one attached hydrogen (secondary N) is 1. The van der Waals surface area contributed by atoms with Crippen molar-refractivity contribution in [2.75, 3.05) is 53.5 Å². The number of hydrogen-bond donors (Lipinski definition) is 1. The highest BCUT2D eigenvalue weighted by atomic mass is 35.5. The van der Waals surface area contributed by atoms with Crippen molar-refractivity contribution in [3.05, 3.63) is 46.6 Å². The van der Waals surface area contributed by atoms with Gasteiger partial charge in [-0.05, 0) is 56.7 Å². The molecule has 5 heterocycles. The van der Waals surface area contributed by atoms with Gasteiger partial charge in [0.25, 0.3) is 5.91 Å². The quantitative estimate of drug-likeness (QED) is 0.404. The Balaban J connectivity index is 1.38. The molecule has 14 heteroatoms. The lowest BCUT2D eigenvalue weighted by molar-refractivity contribution is 0.0607. The van der Waals surface area contributed by atoms with E-state index < -0.39 is 22.4 Å². The fourth-order valence-electron chi connectivity index (χ4n) is 6.10. The molecule has 0 aliphatic carbocycles. The molecule has 3 aliphatic heterocycles. The van der Waals surface area contributed by atoms with Crippen molar-refractivity contribution in [1.29, 1.82) is 0 Å². The van der Waals surface area contributed by atoms with E-state index in [4.69, 9.17) is 21.7 Å². The third-order valence-electron chi connectivity index (χ3n) is 8.34. The standard InChI is InChI=1S/C28H34ClF2N7O3S/c1-42(40,41)34-21-9-8-19(29)14-20(21)28(39)37-13-3-2-7-23(37)22-15-25-32-24(35-11-5-12-35)16-26(38(25)33-22)36-10-4-6-18(17-36)27(30)31/h8-9,14-16,18,23,27,34H,2-7,10-13,17H2,1H3/t18-,23+/m1/s1. The van der Waals surface area contributed by atoms with Crippen LogP contribution in [0.1, 0.15) is 60.6 Å². The minimum atomic E-state index is -3.64. The number of fused-ring (bicyclic) bond motifs is 1. The lowest BCUT2D eigenvalue weighted by Gasteiger charge is -2.36. The number of likely N-dealkylation sites (tertiary alicyclic amines) is 1. The van der Waals surface area contributed by atoms with Crippen LogP contribution < -0.4 is 14.5 Å². The predicted molar refractivity (Wildman–Crippen MR) is 158 cm³/mol. The molecule has 1 aromatic carbocycles. The molecule has 0 saturated carbocycles. The number of nitrogens with zero attached hydrogens (tertiary/aromatic N) is 6. The van der Waals surface area contributed by atoms with Crippen LogP contribution in [0.3, 0.4) is 0 Å². The van der Waals surface area contributed by atoms with Crippen LogP contribution in [-0.2, 0) is 10.0 Å². The average molecular weight is 622 g/mol. The van der Waals surface area contributed by atoms with Crippen LogP contribution in [0.4, 0.5) is 26.1 Å². The van der Waals surface area contributed by atoms with Crippen LogP contribution in [0.15, 0.2) is 30.3 Å². The second-order valence-corrected chi connectivity index (χ2v) is 13.6. The topological polar surface area (TPSA) is 103 Å². The molecule has 3 fully saturated rings. The summed E-state index contributed by atoms with van der Waals surface area (Å²) < 4.78 is 55.5. The zero-order valence-corrected chi connectivity index (χ0v) is 24.9. The van der Waals surface area contributed by atoms with Crippen LogP contribution in [0.2, 0.25) is 5.02 Å². The fourth-order valence-corrected chi connectivity index (χ4v) is 6.85. The van der Waals surface area contributed by atoms with Crippen molar-refractivity contribution in [3.8, 4) is 0 Å². The average Bonchev–Trinajstić information content (AvgIpc) is 3.36. The number of hydrogen-bond acceptors (Lipinski definition) is 7. The van der Waals surface area contributed by atoms with Gasteiger partial charge in [-0.15, -0.1) is 0 Å². The highest BCUT2D eigenvalue weighted by Gasteiger charge is 2.34. The maximum Gasteiger partial charge on any atom is 0.256 e. The van der Waals surface area contributed by atoms with E-state index >= 15 is 0 Å². The van der Waals surface area contributed by atoms with Gasteiger partial charge in [0, 0.05) is 55.8 Å². The largest absolute Gasteiger partial charge is 0.356 e. The summed E-state index contributed by atoms with van der Waals surface area (Å²) >= 11 is 6.23. The van der Waals surface area contributed by atoms with Gasteiger partial charge in [-0.2, -0.15) is 9.61 Å². The summed E-state index contributed by atoms with van der Waals surface area (Å²) in [5.41, 5.74) is 1.57. The lowest BCUT2D eigenvalue weighted by atomic mass is 9.98. The van der Waals surface area contributed by atoms with Crippen molar-refractivity contribution in [3.63, 3.8) is 0 Å². The maximum atomic E-state index is 14.0. The van der Waals surface area contributed by atoms with Crippen LogP contribution >= 0.6 is 11.6 Å². The molecule has 0 spiro atoms. The summed E-state index contributed by atoms with van der Waals surface area (Å²) in [6.07, 6.45) is 3.21. The summed E-state index contributed by atoms with van der Waals surface area (Å²) in [6.45, 7) is 3.12. The van der Waals surface area contributed by atoms with Crippen LogP contribution in [0, 0.1) is 5.92 Å². The third kappa shape index (κ3) is 5.85. The smallest absolute Gasteiger partial charge is 0.256 e. The molecule has 3 aliphatic rings. The highest BCUT2D eigenvalue weighted by Crippen LogP contribution is 2.36. The monoisotopic (exact) mass is 621 g/mol. The number of aromatic nitrogens is 3. The van der Waals surface area contributed by atoms with Crippen molar-refractivity contribution >= 4 is 50.5 Å². The number of alkyl halides is 2. The van der Waals surface area contributed by atoms with E-state index in [1.807, 2.05) is 17.0 Å². The Kier molecular flexibility index (Phi) is 7.90. The van der Waals surface area contributed by atoms with Gasteiger partial charge in [-0.1, -0.05) is 11.6 Å². The maximum absolute atomic E-state index is 14.0. The van der Waals surface area contributed by atoms with Crippen molar-refractivity contribution in [2.45, 2.75) is 51.0 Å². The van der Waals surface area contributed by atoms with E-state index in [1.54, 1.807) is 9.42 Å². The molecule has 0 unspecified atom stereocenters. The second-order valence-electron chi connectivity index (χ2n) is 11.4. The summed E-state index contributed by atoms with van der Waals surface area (Å²) in [6, 6.07) is 7.93. The molecule has 2 aromatic heterocycles. The minimum Gasteiger partial charge on any atom is -0.356 e. The first-order chi connectivity index (χ1) is 20.1. The zero-order valence-electron chi connectivity index (χ0n) is 23.3. The number of benzene rings is 1. The molecule has 2 atom stereocenters. The number of amides is 1. The minimum absolute atomic E-state index is 0.160. The molecule has 6 rings (SSSR count). The number of piperidine rings is 2. The molecule has 1 amide bonds. The summed E-state index contributed by atoms with van der Waals surface area (Å²) in [7, 11) is -3.64. The first kappa shape index (κ1) is 28.9. The zero-order chi connectivity index (χ0) is 29.6. The van der Waals surface area contributed by atoms with E-state index in [2.05, 4.69) is 9.62 Å². The highest BCUT2D eigenvalue weighted by molar-refractivity contribution is 7.92. The Morgan fingerprint density at radius 2 is 1.81 bits per heavy atom. The Morgan fingerprint density at radius 3 is 2.52 bits per heavy atom. The molecule has 42 heavy (non-hydrogen) atoms. The van der Waals surface area contributed by atoms with E-state index in [0.29, 0.717) is 48.7 Å². The Bertz CT molecular complexity index is 1600. The third-order valence-corrected chi connectivity index (χ3v) is 9.17. The Hall–Kier alpha value is -3.19. The van der Waals surface area contributed by atoms with Crippen molar-refractivity contribution in [1.82, 2.24) is 19.5 Å². The second kappa shape index (κ2) is 11.5. The first-order valence-electron chi connectivity index (χ1n) is 14.3. The molecule has 3 saturated heterocycles. The van der Waals surface area contributed by atoms with Crippen LogP contribution in [-0.4, -0.2) is 79.2 Å². The Morgan fingerprint density at radius 1 is 1.02 bits per heavy atom. The van der Waals surface area contributed by atoms with Crippen LogP contribution in [0.5, 0.6) is 0 Å². The molecule has 0 bridgehead atoms. The Labute approximate surface area is 248 Å². The number of anilines is 3. The SMILES string of the molecule is CS(=O)(=O)Nc1ccc(Cl)cc1C(=O)N1CCCC[C@H]1c1cc2nc(N3CCC3)cc(N3CCC[C@@H](C(F)F)C3)n2n1. The normalized spacial score (nSPS) is 21.6. The van der Waals surface area contributed by atoms with Gasteiger partial charge < -0.3 is 14.7 Å². The van der Waals surface area contributed by atoms with E-state index in [9.17, 15) is 22.0 Å². The molecular formula is C28H34ClF2N7O3S. The molecule has 226 valence electrons. The number of carbonyl (C=O) groups is 1. The van der Waals surface area contributed by atoms with Gasteiger partial charge in [0.1, 0.15) is 11.6 Å². The number of sulfonamides is 1. The van der Waals surface area contributed by atoms with Gasteiger partial charge in [-0.25, -0.2) is 22.2 Å². The number of rotatable bonds is 7. The fraction of sp³-hybridized carbons (Fsp3) is 0.536. The molecule has 0 radical (unpaired) electrons. The van der Waals surface area contributed by atoms with Gasteiger partial charge >= 0.3 is 0 Å². The summed E-state index contributed by atoms with van der Waals surface area (Å²) in [5, 5.41) is 5.24. The van der Waals surface area contributed by atoms with Gasteiger partial charge in [0.2, 0.25) is 16.4 Å². The molecule has 3 aromatic rings. The summed E-state index contributed by atoms with van der Waals surface area (Å²) in [4.78, 5) is 24.7. The lowest BCUT2D eigenvalue weighted by Crippen LogP contribution is -2.40. The molecule has 1 N–H and O–H groups in total. The predicted octanol–water partition coefficient (Wildman–Crippen LogP) is 4.81. The first-order valence-corrected chi connectivity index (χ1v) is 16.6. The number of carbonyl (C=O) groups excluding carboxylic acids is 1. The van der Waals surface area contributed by atoms with Crippen LogP contribution in [0.25, 0.3) is 5.65 Å². The van der Waals surface area contributed by atoms with E-state index in [-0.39, 0.29) is 29.7 Å². The van der Waals surface area contributed by atoms with E-state index in [0.717, 1.165) is 50.2 Å². The molecule has 10 nitrogen and oxygen atoms in total.